The van der Waals surface area contributed by atoms with Gasteiger partial charge in [0.15, 0.2) is 0 Å². The number of hydrogen-bond acceptors (Lipinski definition) is 2. The summed E-state index contributed by atoms with van der Waals surface area (Å²) in [4.78, 5) is 0. The summed E-state index contributed by atoms with van der Waals surface area (Å²) in [7, 11) is 0. The number of para-hydroxylation sites is 1. The normalized spacial score (nSPS) is 11.1. The van der Waals surface area contributed by atoms with Crippen LogP contribution in [0, 0.1) is 0 Å². The molecule has 1 N–H and O–H groups in total. The molecule has 0 atom stereocenters. The topological polar surface area (TPSA) is 29.3 Å². The number of nitrogens with zero attached hydrogens (tertiary/aromatic N) is 2. The number of fused-ring (bicyclic) bond motifs is 1. The van der Waals surface area contributed by atoms with Crippen molar-refractivity contribution in [1.82, 2.24) is 9.61 Å². The van der Waals surface area contributed by atoms with E-state index in [4.69, 9.17) is 0 Å². The van der Waals surface area contributed by atoms with Gasteiger partial charge in [-0.1, -0.05) is 38.1 Å². The van der Waals surface area contributed by atoms with E-state index in [0.717, 1.165) is 22.6 Å². The summed E-state index contributed by atoms with van der Waals surface area (Å²) in [6, 6.07) is 16.3. The van der Waals surface area contributed by atoms with Crippen LogP contribution in [0.4, 0.5) is 11.4 Å². The number of aromatic nitrogens is 2. The smallest absolute Gasteiger partial charge is 0.0900 e. The fourth-order valence-corrected chi connectivity index (χ4v) is 2.21. The molecule has 0 saturated heterocycles. The van der Waals surface area contributed by atoms with Crippen molar-refractivity contribution >= 4 is 16.9 Å². The zero-order chi connectivity index (χ0) is 13.2. The molecule has 0 radical (unpaired) electrons. The lowest BCUT2D eigenvalue weighted by molar-refractivity contribution is 0.790. The van der Waals surface area contributed by atoms with Gasteiger partial charge in [-0.25, -0.2) is 4.52 Å². The highest BCUT2D eigenvalue weighted by molar-refractivity contribution is 5.79. The molecule has 0 bridgehead atoms. The fourth-order valence-electron chi connectivity index (χ4n) is 2.21. The van der Waals surface area contributed by atoms with Crippen LogP contribution in [-0.4, -0.2) is 9.61 Å². The summed E-state index contributed by atoms with van der Waals surface area (Å²) in [5, 5.41) is 8.16. The molecule has 2 aromatic heterocycles. The monoisotopic (exact) mass is 251 g/mol. The summed E-state index contributed by atoms with van der Waals surface area (Å²) in [6.07, 6.45) is 1.98. The van der Waals surface area contributed by atoms with E-state index in [1.807, 2.05) is 41.0 Å². The molecule has 0 spiro atoms. The van der Waals surface area contributed by atoms with Crippen LogP contribution in [0.3, 0.4) is 0 Å². The molecule has 3 aromatic rings. The van der Waals surface area contributed by atoms with Crippen molar-refractivity contribution in [2.75, 3.05) is 5.32 Å². The largest absolute Gasteiger partial charge is 0.352 e. The predicted octanol–water partition coefficient (Wildman–Crippen LogP) is 4.20. The van der Waals surface area contributed by atoms with Gasteiger partial charge in [-0.05, 0) is 30.2 Å². The van der Waals surface area contributed by atoms with Gasteiger partial charge in [0.05, 0.1) is 16.9 Å². The summed E-state index contributed by atoms with van der Waals surface area (Å²) in [6.45, 7) is 4.33. The number of pyridine rings is 1. The lowest BCUT2D eigenvalue weighted by atomic mass is 10.1. The number of benzene rings is 1. The van der Waals surface area contributed by atoms with Crippen molar-refractivity contribution in [3.05, 3.63) is 60.4 Å². The first kappa shape index (κ1) is 11.8. The first-order valence-electron chi connectivity index (χ1n) is 6.55. The Morgan fingerprint density at radius 3 is 2.47 bits per heavy atom. The second-order valence-electron chi connectivity index (χ2n) is 4.94. The van der Waals surface area contributed by atoms with E-state index in [-0.39, 0.29) is 0 Å². The summed E-state index contributed by atoms with van der Waals surface area (Å²) in [5.74, 6) is 0.381. The van der Waals surface area contributed by atoms with Crippen LogP contribution < -0.4 is 5.32 Å². The van der Waals surface area contributed by atoms with E-state index in [1.165, 1.54) is 0 Å². The molecule has 0 unspecified atom stereocenters. The van der Waals surface area contributed by atoms with Crippen LogP contribution >= 0.6 is 0 Å². The Morgan fingerprint density at radius 2 is 1.74 bits per heavy atom. The van der Waals surface area contributed by atoms with E-state index in [1.54, 1.807) is 0 Å². The second-order valence-corrected chi connectivity index (χ2v) is 4.94. The van der Waals surface area contributed by atoms with Crippen molar-refractivity contribution in [3.8, 4) is 0 Å². The summed E-state index contributed by atoms with van der Waals surface area (Å²) in [5.41, 5.74) is 4.38. The van der Waals surface area contributed by atoms with Crippen molar-refractivity contribution < 1.29 is 0 Å². The molecule has 0 fully saturated rings. The highest BCUT2D eigenvalue weighted by atomic mass is 15.2. The van der Waals surface area contributed by atoms with Gasteiger partial charge in [0.25, 0.3) is 0 Å². The third-order valence-electron chi connectivity index (χ3n) is 3.16. The average Bonchev–Trinajstić information content (AvgIpc) is 2.79. The minimum atomic E-state index is 0.381. The van der Waals surface area contributed by atoms with Gasteiger partial charge in [0.1, 0.15) is 0 Å². The quantitative estimate of drug-likeness (QED) is 0.756. The Kier molecular flexibility index (Phi) is 2.95. The van der Waals surface area contributed by atoms with Gasteiger partial charge in [-0.2, -0.15) is 5.10 Å². The zero-order valence-corrected chi connectivity index (χ0v) is 11.2. The molecule has 3 nitrogen and oxygen atoms in total. The Labute approximate surface area is 112 Å². The molecule has 3 rings (SSSR count). The maximum absolute atomic E-state index is 4.66. The van der Waals surface area contributed by atoms with Crippen LogP contribution in [0.2, 0.25) is 0 Å². The standard InChI is InChI=1S/C16H17N3/c1-12(2)15-16(17-13-8-4-3-5-9-13)14-10-6-7-11-19(14)18-15/h3-12,17H,1-2H3. The Bertz CT molecular complexity index is 684. The summed E-state index contributed by atoms with van der Waals surface area (Å²) < 4.78 is 1.93. The molecule has 3 heteroatoms. The summed E-state index contributed by atoms with van der Waals surface area (Å²) >= 11 is 0. The average molecular weight is 251 g/mol. The second kappa shape index (κ2) is 4.76. The van der Waals surface area contributed by atoms with Crippen LogP contribution in [0.25, 0.3) is 5.52 Å². The molecular weight excluding hydrogens is 234 g/mol. The molecule has 0 aliphatic heterocycles. The van der Waals surface area contributed by atoms with Crippen molar-refractivity contribution in [1.29, 1.82) is 0 Å². The molecule has 0 aliphatic rings. The Balaban J connectivity index is 2.12. The first-order valence-corrected chi connectivity index (χ1v) is 6.55. The zero-order valence-electron chi connectivity index (χ0n) is 11.2. The number of anilines is 2. The van der Waals surface area contributed by atoms with E-state index in [0.29, 0.717) is 5.92 Å². The molecule has 1 aromatic carbocycles. The van der Waals surface area contributed by atoms with E-state index >= 15 is 0 Å². The third kappa shape index (κ3) is 2.19. The van der Waals surface area contributed by atoms with Gasteiger partial charge in [-0.3, -0.25) is 0 Å². The predicted molar refractivity (Wildman–Crippen MR) is 79.0 cm³/mol. The first-order chi connectivity index (χ1) is 9.25. The minimum absolute atomic E-state index is 0.381. The maximum atomic E-state index is 4.66. The van der Waals surface area contributed by atoms with Crippen LogP contribution in [0.1, 0.15) is 25.5 Å². The molecule has 19 heavy (non-hydrogen) atoms. The third-order valence-corrected chi connectivity index (χ3v) is 3.16. The Morgan fingerprint density at radius 1 is 1.00 bits per heavy atom. The molecule has 96 valence electrons. The van der Waals surface area contributed by atoms with E-state index in [2.05, 4.69) is 42.5 Å². The fraction of sp³-hybridized carbons (Fsp3) is 0.188. The molecule has 2 heterocycles. The highest BCUT2D eigenvalue weighted by Gasteiger charge is 2.15. The molecular formula is C16H17N3. The van der Waals surface area contributed by atoms with Crippen LogP contribution in [-0.2, 0) is 0 Å². The van der Waals surface area contributed by atoms with Crippen LogP contribution in [0.5, 0.6) is 0 Å². The van der Waals surface area contributed by atoms with Gasteiger partial charge < -0.3 is 5.32 Å². The maximum Gasteiger partial charge on any atom is 0.0900 e. The van der Waals surface area contributed by atoms with Gasteiger partial charge in [-0.15, -0.1) is 0 Å². The molecule has 0 saturated carbocycles. The van der Waals surface area contributed by atoms with Crippen molar-refractivity contribution in [2.24, 2.45) is 0 Å². The van der Waals surface area contributed by atoms with Gasteiger partial charge >= 0.3 is 0 Å². The minimum Gasteiger partial charge on any atom is -0.352 e. The highest BCUT2D eigenvalue weighted by Crippen LogP contribution is 2.30. The number of nitrogens with one attached hydrogen (secondary N) is 1. The van der Waals surface area contributed by atoms with E-state index < -0.39 is 0 Å². The Hall–Kier alpha value is -2.29. The number of hydrogen-bond donors (Lipinski definition) is 1. The molecule has 0 aliphatic carbocycles. The van der Waals surface area contributed by atoms with Gasteiger partial charge in [0, 0.05) is 11.9 Å². The van der Waals surface area contributed by atoms with Gasteiger partial charge in [0.2, 0.25) is 0 Å². The SMILES string of the molecule is CC(C)c1nn2ccccc2c1Nc1ccccc1. The van der Waals surface area contributed by atoms with Crippen LogP contribution in [0.15, 0.2) is 54.7 Å². The lowest BCUT2D eigenvalue weighted by Crippen LogP contribution is -1.96. The lowest BCUT2D eigenvalue weighted by Gasteiger charge is -2.08. The number of rotatable bonds is 3. The molecule has 0 amide bonds. The van der Waals surface area contributed by atoms with E-state index in [9.17, 15) is 0 Å². The van der Waals surface area contributed by atoms with Crippen molar-refractivity contribution in [3.63, 3.8) is 0 Å². The van der Waals surface area contributed by atoms with Crippen molar-refractivity contribution in [2.45, 2.75) is 19.8 Å².